The Bertz CT molecular complexity index is 114. The smallest absolute Gasteiger partial charge is 0.0814 e. The van der Waals surface area contributed by atoms with Crippen LogP contribution in [0.3, 0.4) is 0 Å². The topological polar surface area (TPSA) is 20.2 Å². The highest BCUT2D eigenvalue weighted by atomic mass is 16.2. The van der Waals surface area contributed by atoms with Gasteiger partial charge in [0.1, 0.15) is 0 Å². The molecule has 0 saturated carbocycles. The summed E-state index contributed by atoms with van der Waals surface area (Å²) in [5.41, 5.74) is 0. The van der Waals surface area contributed by atoms with E-state index < -0.39 is 0 Å². The molecule has 1 nitrogen and oxygen atoms in total. The summed E-state index contributed by atoms with van der Waals surface area (Å²) in [7, 11) is 0. The van der Waals surface area contributed by atoms with E-state index in [1.54, 1.807) is 0 Å². The van der Waals surface area contributed by atoms with Crippen molar-refractivity contribution in [2.24, 2.45) is 0 Å². The van der Waals surface area contributed by atoms with Gasteiger partial charge in [-0.15, -0.1) is 0 Å². The van der Waals surface area contributed by atoms with Crippen LogP contribution < -0.4 is 0 Å². The van der Waals surface area contributed by atoms with E-state index in [4.69, 9.17) is 5.11 Å². The normalized spacial score (nSPS) is 10.3. The number of aliphatic hydroxyl groups excluding tert-OH is 1. The minimum atomic E-state index is 0. The maximum atomic E-state index is 8.64. The predicted octanol–water partition coefficient (Wildman–Crippen LogP) is 4.28. The molecule has 0 rings (SSSR count). The highest BCUT2D eigenvalue weighted by molar-refractivity contribution is 5.75. The second kappa shape index (κ2) is 19.4. The second-order valence-electron chi connectivity index (χ2n) is 5.32. The van der Waals surface area contributed by atoms with Gasteiger partial charge in [0.15, 0.2) is 0 Å². The van der Waals surface area contributed by atoms with Crippen molar-refractivity contribution in [3.8, 4) is 0 Å². The zero-order chi connectivity index (χ0) is 12.6. The number of aliphatic hydroxyl groups is 1. The summed E-state index contributed by atoms with van der Waals surface area (Å²) in [6.07, 6.45) is 19.2. The van der Waals surface area contributed by atoms with Crippen LogP contribution in [-0.2, 0) is 0 Å². The van der Waals surface area contributed by atoms with Crippen LogP contribution in [0, 0.1) is 0 Å². The van der Waals surface area contributed by atoms with Crippen molar-refractivity contribution in [1.29, 1.82) is 0 Å². The van der Waals surface area contributed by atoms with Crippen LogP contribution in [0.4, 0.5) is 0 Å². The third-order valence-corrected chi connectivity index (χ3v) is 3.51. The van der Waals surface area contributed by atoms with Crippen molar-refractivity contribution in [2.75, 3.05) is 6.61 Å². The molecule has 0 atom stereocenters. The van der Waals surface area contributed by atoms with Gasteiger partial charge < -0.3 is 5.11 Å². The monoisotopic (exact) mass is 256 g/mol. The fourth-order valence-electron chi connectivity index (χ4n) is 2.31. The fourth-order valence-corrected chi connectivity index (χ4v) is 2.31. The van der Waals surface area contributed by atoms with E-state index in [2.05, 4.69) is 6.92 Å². The lowest BCUT2D eigenvalue weighted by atomic mass is 10.0. The van der Waals surface area contributed by atoms with E-state index in [1.165, 1.54) is 83.5 Å². The van der Waals surface area contributed by atoms with Gasteiger partial charge in [0, 0.05) is 6.61 Å². The van der Waals surface area contributed by atoms with Crippen molar-refractivity contribution in [3.63, 3.8) is 0 Å². The molecule has 0 unspecified atom stereocenters. The van der Waals surface area contributed by atoms with Gasteiger partial charge in [-0.05, 0) is 6.42 Å². The lowest BCUT2D eigenvalue weighted by Gasteiger charge is -2.02. The van der Waals surface area contributed by atoms with E-state index in [-0.39, 0.29) is 8.41 Å². The standard InChI is InChI=1S/C16H34O.BH3/c1-2-3-4-5-6-7-8-9-10-11-12-13-14-15-16-17;/h17H,2-16H2,1H3;1H3. The largest absolute Gasteiger partial charge is 0.396 e. The zero-order valence-corrected chi connectivity index (χ0v) is 12.1. The maximum absolute atomic E-state index is 8.64. The van der Waals surface area contributed by atoms with E-state index in [0.717, 1.165) is 6.42 Å². The fraction of sp³-hybridized carbons (Fsp3) is 1.00. The Labute approximate surface area is 117 Å². The zero-order valence-electron chi connectivity index (χ0n) is 12.1. The minimum Gasteiger partial charge on any atom is -0.396 e. The van der Waals surface area contributed by atoms with Gasteiger partial charge in [-0.25, -0.2) is 0 Å². The Morgan fingerprint density at radius 2 is 0.778 bits per heavy atom. The lowest BCUT2D eigenvalue weighted by molar-refractivity contribution is 0.282. The molecule has 0 aromatic heterocycles. The number of hydrogen-bond donors (Lipinski definition) is 1. The quantitative estimate of drug-likeness (QED) is 0.363. The highest BCUT2D eigenvalue weighted by Crippen LogP contribution is 2.12. The lowest BCUT2D eigenvalue weighted by Crippen LogP contribution is -1.84. The summed E-state index contributed by atoms with van der Waals surface area (Å²) in [5.74, 6) is 0. The van der Waals surface area contributed by atoms with Crippen LogP contribution in [0.5, 0.6) is 0 Å². The summed E-state index contributed by atoms with van der Waals surface area (Å²) in [6.45, 7) is 2.65. The van der Waals surface area contributed by atoms with Crippen LogP contribution in [0.1, 0.15) is 96.8 Å². The van der Waals surface area contributed by atoms with E-state index in [1.807, 2.05) is 0 Å². The number of rotatable bonds is 14. The van der Waals surface area contributed by atoms with Gasteiger partial charge in [-0.2, -0.15) is 0 Å². The molecule has 0 aromatic rings. The SMILES string of the molecule is B.CCCCCCCCCCCCCCCCO. The van der Waals surface area contributed by atoms with Gasteiger partial charge >= 0.3 is 0 Å². The van der Waals surface area contributed by atoms with E-state index in [0.29, 0.717) is 6.61 Å². The molecule has 18 heavy (non-hydrogen) atoms. The van der Waals surface area contributed by atoms with Gasteiger partial charge in [0.2, 0.25) is 0 Å². The molecule has 0 aliphatic carbocycles. The summed E-state index contributed by atoms with van der Waals surface area (Å²) in [5, 5.41) is 8.64. The maximum Gasteiger partial charge on any atom is 0.0814 e. The molecule has 110 valence electrons. The summed E-state index contributed by atoms with van der Waals surface area (Å²) in [4.78, 5) is 0. The molecule has 0 amide bonds. The first-order valence-electron chi connectivity index (χ1n) is 8.02. The number of hydrogen-bond acceptors (Lipinski definition) is 1. The molecule has 0 bridgehead atoms. The Morgan fingerprint density at radius 1 is 0.500 bits per heavy atom. The van der Waals surface area contributed by atoms with Crippen LogP contribution in [0.25, 0.3) is 0 Å². The predicted molar refractivity (Wildman–Crippen MR) is 87.3 cm³/mol. The first kappa shape index (κ1) is 20.3. The average molecular weight is 256 g/mol. The Balaban J connectivity index is 0. The summed E-state index contributed by atoms with van der Waals surface area (Å²) < 4.78 is 0. The van der Waals surface area contributed by atoms with Crippen molar-refractivity contribution in [1.82, 2.24) is 0 Å². The molecule has 0 radical (unpaired) electrons. The van der Waals surface area contributed by atoms with Gasteiger partial charge in [-0.3, -0.25) is 0 Å². The molecule has 0 heterocycles. The molecular formula is C16H37BO. The molecular weight excluding hydrogens is 219 g/mol. The van der Waals surface area contributed by atoms with Gasteiger partial charge in [0.25, 0.3) is 0 Å². The van der Waals surface area contributed by atoms with E-state index in [9.17, 15) is 0 Å². The average Bonchev–Trinajstić information content (AvgIpc) is 2.35. The Hall–Kier alpha value is 0.0249. The van der Waals surface area contributed by atoms with Crippen LogP contribution in [0.2, 0.25) is 0 Å². The third-order valence-electron chi connectivity index (χ3n) is 3.51. The van der Waals surface area contributed by atoms with Crippen LogP contribution >= 0.6 is 0 Å². The highest BCUT2D eigenvalue weighted by Gasteiger charge is 1.93. The third kappa shape index (κ3) is 18.4. The molecule has 0 spiro atoms. The summed E-state index contributed by atoms with van der Waals surface area (Å²) in [6, 6.07) is 0. The first-order valence-corrected chi connectivity index (χ1v) is 8.02. The van der Waals surface area contributed by atoms with Crippen molar-refractivity contribution < 1.29 is 5.11 Å². The molecule has 0 saturated heterocycles. The minimum absolute atomic E-state index is 0. The molecule has 0 aromatic carbocycles. The van der Waals surface area contributed by atoms with Crippen molar-refractivity contribution in [3.05, 3.63) is 0 Å². The van der Waals surface area contributed by atoms with Crippen LogP contribution in [-0.4, -0.2) is 20.1 Å². The van der Waals surface area contributed by atoms with Gasteiger partial charge in [-0.1, -0.05) is 90.4 Å². The van der Waals surface area contributed by atoms with Crippen molar-refractivity contribution >= 4 is 8.41 Å². The van der Waals surface area contributed by atoms with Crippen molar-refractivity contribution in [2.45, 2.75) is 96.8 Å². The molecule has 2 heteroatoms. The molecule has 0 aliphatic heterocycles. The number of unbranched alkanes of at least 4 members (excludes halogenated alkanes) is 13. The Morgan fingerprint density at radius 3 is 1.06 bits per heavy atom. The second-order valence-corrected chi connectivity index (χ2v) is 5.32. The van der Waals surface area contributed by atoms with Crippen LogP contribution in [0.15, 0.2) is 0 Å². The molecule has 0 aliphatic rings. The first-order chi connectivity index (χ1) is 8.41. The van der Waals surface area contributed by atoms with E-state index >= 15 is 0 Å². The summed E-state index contributed by atoms with van der Waals surface area (Å²) >= 11 is 0. The molecule has 0 fully saturated rings. The Kier molecular flexibility index (Phi) is 21.9. The molecule has 1 N–H and O–H groups in total. The van der Waals surface area contributed by atoms with Gasteiger partial charge in [0.05, 0.1) is 8.41 Å².